The summed E-state index contributed by atoms with van der Waals surface area (Å²) in [6.07, 6.45) is -0.448. The molecular weight excluding hydrogens is 686 g/mol. The van der Waals surface area contributed by atoms with Crippen molar-refractivity contribution >= 4 is 41.0 Å². The molecular formula is C32H39ClF6N4O6. The minimum absolute atomic E-state index is 0.0483. The van der Waals surface area contributed by atoms with E-state index in [1.165, 1.54) is 18.4 Å². The Morgan fingerprint density at radius 2 is 1.47 bits per heavy atom. The summed E-state index contributed by atoms with van der Waals surface area (Å²) in [5.41, 5.74) is 2.20. The molecule has 1 aromatic carbocycles. The van der Waals surface area contributed by atoms with Gasteiger partial charge in [-0.25, -0.2) is 9.59 Å². The summed E-state index contributed by atoms with van der Waals surface area (Å²) in [5, 5.41) is 14.9. The second-order valence-electron chi connectivity index (χ2n) is 11.6. The lowest BCUT2D eigenvalue weighted by Crippen LogP contribution is -2.45. The summed E-state index contributed by atoms with van der Waals surface area (Å²) in [5.74, 6) is -4.59. The fraction of sp³-hybridized carbons (Fsp3) is 0.531. The molecule has 0 unspecified atom stereocenters. The number of anilines is 1. The standard InChI is InChI=1S/C28H37ClN4O2.2C2HF3O2/c1-22(34)32-17-10-25(11-18-32)28(35)33(27-7-2-6-26(29)20-27)14-4-13-31-15-8-23(9-16-31)19-24-5-3-12-30-21-24;2*3-2(4,5)1(6)7/h2-3,5-7,12,20-21,23,25H,4,8-11,13-19H2,1H3;2*(H,6,7). The van der Waals surface area contributed by atoms with E-state index >= 15 is 0 Å². The SMILES string of the molecule is CC(=O)N1CCC(C(=O)N(CCCN2CCC(Cc3cccnc3)CC2)c2cccc(Cl)c2)CC1.O=C(O)C(F)(F)F.O=C(O)C(F)(F)F. The molecule has 3 heterocycles. The van der Waals surface area contributed by atoms with E-state index in [1.54, 1.807) is 6.92 Å². The van der Waals surface area contributed by atoms with Gasteiger partial charge in [-0.1, -0.05) is 23.7 Å². The molecule has 49 heavy (non-hydrogen) atoms. The minimum atomic E-state index is -5.08. The summed E-state index contributed by atoms with van der Waals surface area (Å²) in [6, 6.07) is 11.8. The lowest BCUT2D eigenvalue weighted by Gasteiger charge is -2.35. The van der Waals surface area contributed by atoms with E-state index in [-0.39, 0.29) is 17.7 Å². The number of aromatic nitrogens is 1. The van der Waals surface area contributed by atoms with Crippen LogP contribution in [0.15, 0.2) is 48.8 Å². The van der Waals surface area contributed by atoms with Crippen LogP contribution >= 0.6 is 11.6 Å². The third kappa shape index (κ3) is 15.0. The highest BCUT2D eigenvalue weighted by Gasteiger charge is 2.39. The van der Waals surface area contributed by atoms with Crippen molar-refractivity contribution in [3.8, 4) is 0 Å². The zero-order valence-corrected chi connectivity index (χ0v) is 27.5. The Morgan fingerprint density at radius 3 is 1.94 bits per heavy atom. The van der Waals surface area contributed by atoms with Crippen LogP contribution in [0.3, 0.4) is 0 Å². The Labute approximate surface area is 284 Å². The van der Waals surface area contributed by atoms with E-state index in [2.05, 4.69) is 16.0 Å². The van der Waals surface area contributed by atoms with E-state index in [4.69, 9.17) is 31.4 Å². The molecule has 0 bridgehead atoms. The van der Waals surface area contributed by atoms with E-state index in [9.17, 15) is 35.9 Å². The van der Waals surface area contributed by atoms with Crippen molar-refractivity contribution in [1.82, 2.24) is 14.8 Å². The predicted octanol–water partition coefficient (Wildman–Crippen LogP) is 5.94. The number of piperidine rings is 2. The fourth-order valence-electron chi connectivity index (χ4n) is 5.39. The predicted molar refractivity (Wildman–Crippen MR) is 168 cm³/mol. The molecule has 0 saturated carbocycles. The molecule has 272 valence electrons. The fourth-order valence-corrected chi connectivity index (χ4v) is 5.58. The molecule has 2 aromatic rings. The number of hydrogen-bond acceptors (Lipinski definition) is 6. The van der Waals surface area contributed by atoms with Crippen molar-refractivity contribution in [2.45, 2.75) is 57.8 Å². The highest BCUT2D eigenvalue weighted by Crippen LogP contribution is 2.27. The number of amides is 2. The van der Waals surface area contributed by atoms with Gasteiger partial charge in [-0.3, -0.25) is 14.6 Å². The van der Waals surface area contributed by atoms with Gasteiger partial charge in [0.2, 0.25) is 11.8 Å². The molecule has 2 fully saturated rings. The molecule has 10 nitrogen and oxygen atoms in total. The molecule has 2 amide bonds. The average Bonchev–Trinajstić information content (AvgIpc) is 3.04. The first-order valence-corrected chi connectivity index (χ1v) is 15.8. The first-order chi connectivity index (χ1) is 22.9. The molecule has 0 atom stereocenters. The second kappa shape index (κ2) is 19.3. The highest BCUT2D eigenvalue weighted by atomic mass is 35.5. The van der Waals surface area contributed by atoms with Crippen molar-refractivity contribution in [2.75, 3.05) is 44.2 Å². The zero-order valence-electron chi connectivity index (χ0n) is 26.7. The Kier molecular flexibility index (Phi) is 16.3. The third-order valence-corrected chi connectivity index (χ3v) is 8.21. The summed E-state index contributed by atoms with van der Waals surface area (Å²) >= 11 is 6.27. The van der Waals surface area contributed by atoms with Gasteiger partial charge >= 0.3 is 24.3 Å². The van der Waals surface area contributed by atoms with Crippen molar-refractivity contribution in [3.63, 3.8) is 0 Å². The molecule has 0 radical (unpaired) electrons. The molecule has 4 rings (SSSR count). The van der Waals surface area contributed by atoms with Gasteiger partial charge in [0.15, 0.2) is 0 Å². The number of pyridine rings is 1. The van der Waals surface area contributed by atoms with Crippen LogP contribution in [0, 0.1) is 11.8 Å². The van der Waals surface area contributed by atoms with Crippen molar-refractivity contribution in [1.29, 1.82) is 0 Å². The molecule has 1 aromatic heterocycles. The lowest BCUT2D eigenvalue weighted by atomic mass is 9.90. The second-order valence-corrected chi connectivity index (χ2v) is 12.0. The first kappa shape index (κ1) is 41.3. The van der Waals surface area contributed by atoms with Gasteiger partial charge in [-0.15, -0.1) is 0 Å². The number of carboxylic acids is 2. The van der Waals surface area contributed by atoms with Gasteiger partial charge in [0, 0.05) is 55.6 Å². The van der Waals surface area contributed by atoms with Gasteiger partial charge in [-0.2, -0.15) is 26.3 Å². The van der Waals surface area contributed by atoms with E-state index in [1.807, 2.05) is 52.5 Å². The van der Waals surface area contributed by atoms with Crippen LogP contribution in [-0.4, -0.2) is 100 Å². The van der Waals surface area contributed by atoms with Gasteiger partial charge in [-0.05, 0) is 93.9 Å². The van der Waals surface area contributed by atoms with Crippen LogP contribution in [0.1, 0.15) is 44.6 Å². The number of rotatable bonds is 8. The smallest absolute Gasteiger partial charge is 0.475 e. The van der Waals surface area contributed by atoms with Crippen molar-refractivity contribution in [2.24, 2.45) is 11.8 Å². The topological polar surface area (TPSA) is 131 Å². The maximum Gasteiger partial charge on any atom is 0.490 e. The van der Waals surface area contributed by atoms with Crippen LogP contribution in [0.5, 0.6) is 0 Å². The van der Waals surface area contributed by atoms with Crippen molar-refractivity contribution < 1.29 is 55.7 Å². The Bertz CT molecular complexity index is 1340. The number of carbonyl (C=O) groups excluding carboxylic acids is 2. The number of benzene rings is 1. The summed E-state index contributed by atoms with van der Waals surface area (Å²) < 4.78 is 63.5. The third-order valence-electron chi connectivity index (χ3n) is 7.97. The van der Waals surface area contributed by atoms with Crippen LogP contribution in [0.25, 0.3) is 0 Å². The molecule has 17 heteroatoms. The van der Waals surface area contributed by atoms with Crippen molar-refractivity contribution in [3.05, 3.63) is 59.4 Å². The van der Waals surface area contributed by atoms with Gasteiger partial charge < -0.3 is 24.9 Å². The van der Waals surface area contributed by atoms with Crippen LogP contribution in [-0.2, 0) is 25.6 Å². The molecule has 2 aliphatic rings. The number of nitrogens with zero attached hydrogens (tertiary/aromatic N) is 4. The maximum atomic E-state index is 13.5. The lowest BCUT2D eigenvalue weighted by molar-refractivity contribution is -0.193. The zero-order chi connectivity index (χ0) is 36.8. The highest BCUT2D eigenvalue weighted by molar-refractivity contribution is 6.30. The number of carboxylic acid groups (broad SMARTS) is 2. The quantitative estimate of drug-likeness (QED) is 0.320. The minimum Gasteiger partial charge on any atom is -0.475 e. The normalized spacial score (nSPS) is 16.0. The maximum absolute atomic E-state index is 13.5. The summed E-state index contributed by atoms with van der Waals surface area (Å²) in [7, 11) is 0. The molecule has 2 aliphatic heterocycles. The number of carbonyl (C=O) groups is 4. The largest absolute Gasteiger partial charge is 0.490 e. The number of likely N-dealkylation sites (tertiary alicyclic amines) is 2. The Morgan fingerprint density at radius 1 is 0.898 bits per heavy atom. The van der Waals surface area contributed by atoms with E-state index < -0.39 is 24.3 Å². The number of aliphatic carboxylic acids is 2. The van der Waals surface area contributed by atoms with E-state index in [0.29, 0.717) is 24.7 Å². The molecule has 0 spiro atoms. The summed E-state index contributed by atoms with van der Waals surface area (Å²) in [6.45, 7) is 6.81. The number of hydrogen-bond donors (Lipinski definition) is 2. The van der Waals surface area contributed by atoms with E-state index in [0.717, 1.165) is 56.9 Å². The van der Waals surface area contributed by atoms with Crippen LogP contribution < -0.4 is 4.90 Å². The van der Waals surface area contributed by atoms with Gasteiger partial charge in [0.05, 0.1) is 0 Å². The molecule has 0 aliphatic carbocycles. The number of halogens is 7. The summed E-state index contributed by atoms with van der Waals surface area (Å²) in [4.78, 5) is 53.6. The average molecular weight is 725 g/mol. The van der Waals surface area contributed by atoms with Gasteiger partial charge in [0.25, 0.3) is 0 Å². The number of alkyl halides is 6. The van der Waals surface area contributed by atoms with Gasteiger partial charge in [0.1, 0.15) is 0 Å². The molecule has 2 saturated heterocycles. The Hall–Kier alpha value is -3.92. The Balaban J connectivity index is 0.000000500. The molecule has 2 N–H and O–H groups in total. The first-order valence-electron chi connectivity index (χ1n) is 15.4. The van der Waals surface area contributed by atoms with Crippen LogP contribution in [0.2, 0.25) is 5.02 Å². The monoisotopic (exact) mass is 724 g/mol. The van der Waals surface area contributed by atoms with Crippen LogP contribution in [0.4, 0.5) is 32.0 Å².